The van der Waals surface area contributed by atoms with Crippen LogP contribution in [0.3, 0.4) is 0 Å². The van der Waals surface area contributed by atoms with E-state index in [1.165, 1.54) is 5.69 Å². The minimum Gasteiger partial charge on any atom is -0.497 e. The van der Waals surface area contributed by atoms with Gasteiger partial charge in [0.05, 0.1) is 14.2 Å². The fourth-order valence-corrected chi connectivity index (χ4v) is 3.22. The molecule has 1 fully saturated rings. The van der Waals surface area contributed by atoms with Gasteiger partial charge >= 0.3 is 0 Å². The highest BCUT2D eigenvalue weighted by molar-refractivity contribution is 5.49. The summed E-state index contributed by atoms with van der Waals surface area (Å²) in [7, 11) is 3.30. The molecule has 0 aromatic heterocycles. The van der Waals surface area contributed by atoms with Crippen molar-refractivity contribution >= 4 is 5.69 Å². The zero-order chi connectivity index (χ0) is 19.1. The minimum absolute atomic E-state index is 0.270. The Balaban J connectivity index is 1.41. The van der Waals surface area contributed by atoms with E-state index in [0.717, 1.165) is 37.7 Å². The standard InChI is InChI=1S/C21H28N2O4/c1-25-19-8-6-17(7-9-19)23-12-10-22(11-13-23)15-18(24)16-27-21-5-3-4-20(14-21)26-2/h3-9,14,18,24H,10-13,15-16H2,1-2H3/t18-/m0/s1. The second-order valence-electron chi connectivity index (χ2n) is 6.63. The molecule has 2 aromatic rings. The van der Waals surface area contributed by atoms with Crippen LogP contribution in [0.15, 0.2) is 48.5 Å². The van der Waals surface area contributed by atoms with Crippen LogP contribution in [-0.2, 0) is 0 Å². The number of hydrogen-bond donors (Lipinski definition) is 1. The zero-order valence-corrected chi connectivity index (χ0v) is 16.0. The maximum absolute atomic E-state index is 10.3. The second-order valence-corrected chi connectivity index (χ2v) is 6.63. The van der Waals surface area contributed by atoms with Crippen LogP contribution in [0.4, 0.5) is 5.69 Å². The monoisotopic (exact) mass is 372 g/mol. The molecule has 0 unspecified atom stereocenters. The number of benzene rings is 2. The van der Waals surface area contributed by atoms with E-state index in [9.17, 15) is 5.11 Å². The van der Waals surface area contributed by atoms with Crippen molar-refractivity contribution in [2.75, 3.05) is 58.5 Å². The first-order chi connectivity index (χ1) is 13.2. The van der Waals surface area contributed by atoms with Crippen molar-refractivity contribution in [3.63, 3.8) is 0 Å². The molecule has 27 heavy (non-hydrogen) atoms. The van der Waals surface area contributed by atoms with E-state index >= 15 is 0 Å². The Morgan fingerprint density at radius 3 is 2.22 bits per heavy atom. The molecule has 1 aliphatic heterocycles. The highest BCUT2D eigenvalue weighted by Gasteiger charge is 2.20. The number of aliphatic hydroxyl groups excluding tert-OH is 1. The van der Waals surface area contributed by atoms with Gasteiger partial charge in [-0.25, -0.2) is 0 Å². The van der Waals surface area contributed by atoms with Gasteiger partial charge in [0.2, 0.25) is 0 Å². The average Bonchev–Trinajstić information content (AvgIpc) is 2.73. The van der Waals surface area contributed by atoms with Crippen molar-refractivity contribution in [3.05, 3.63) is 48.5 Å². The Hall–Kier alpha value is -2.44. The lowest BCUT2D eigenvalue weighted by Crippen LogP contribution is -2.49. The van der Waals surface area contributed by atoms with Gasteiger partial charge < -0.3 is 24.2 Å². The third-order valence-electron chi connectivity index (χ3n) is 4.76. The van der Waals surface area contributed by atoms with Gasteiger partial charge in [0.25, 0.3) is 0 Å². The number of piperazine rings is 1. The molecule has 1 saturated heterocycles. The van der Waals surface area contributed by atoms with E-state index < -0.39 is 6.10 Å². The van der Waals surface area contributed by atoms with Gasteiger partial charge in [-0.3, -0.25) is 4.90 Å². The molecule has 0 saturated carbocycles. The molecule has 1 heterocycles. The lowest BCUT2D eigenvalue weighted by atomic mass is 10.2. The Morgan fingerprint density at radius 2 is 1.56 bits per heavy atom. The van der Waals surface area contributed by atoms with E-state index in [-0.39, 0.29) is 6.61 Å². The topological polar surface area (TPSA) is 54.4 Å². The molecular formula is C21H28N2O4. The van der Waals surface area contributed by atoms with Crippen molar-refractivity contribution in [2.45, 2.75) is 6.10 Å². The Bertz CT molecular complexity index is 700. The van der Waals surface area contributed by atoms with E-state index in [1.54, 1.807) is 14.2 Å². The molecule has 6 heteroatoms. The van der Waals surface area contributed by atoms with E-state index in [0.29, 0.717) is 12.3 Å². The van der Waals surface area contributed by atoms with Crippen LogP contribution in [0, 0.1) is 0 Å². The number of anilines is 1. The summed E-state index contributed by atoms with van der Waals surface area (Å²) in [6.07, 6.45) is -0.524. The average molecular weight is 372 g/mol. The summed E-state index contributed by atoms with van der Waals surface area (Å²) in [6.45, 7) is 4.60. The summed E-state index contributed by atoms with van der Waals surface area (Å²) in [5.41, 5.74) is 1.21. The van der Waals surface area contributed by atoms with Gasteiger partial charge in [-0.1, -0.05) is 6.07 Å². The van der Waals surface area contributed by atoms with Crippen molar-refractivity contribution in [1.29, 1.82) is 0 Å². The smallest absolute Gasteiger partial charge is 0.123 e. The van der Waals surface area contributed by atoms with Gasteiger partial charge in [0.1, 0.15) is 30.0 Å². The fraction of sp³-hybridized carbons (Fsp3) is 0.429. The van der Waals surface area contributed by atoms with Crippen molar-refractivity contribution < 1.29 is 19.3 Å². The van der Waals surface area contributed by atoms with Crippen LogP contribution < -0.4 is 19.1 Å². The molecular weight excluding hydrogens is 344 g/mol. The van der Waals surface area contributed by atoms with Gasteiger partial charge in [0.15, 0.2) is 0 Å². The number of nitrogens with zero attached hydrogens (tertiary/aromatic N) is 2. The Labute approximate surface area is 160 Å². The molecule has 0 aliphatic carbocycles. The summed E-state index contributed by atoms with van der Waals surface area (Å²) in [5, 5.41) is 10.3. The number of rotatable bonds is 8. The van der Waals surface area contributed by atoms with E-state index in [4.69, 9.17) is 14.2 Å². The van der Waals surface area contributed by atoms with Crippen LogP contribution in [0.25, 0.3) is 0 Å². The normalized spacial score (nSPS) is 16.0. The summed E-state index contributed by atoms with van der Waals surface area (Å²) < 4.78 is 16.1. The van der Waals surface area contributed by atoms with Crippen LogP contribution >= 0.6 is 0 Å². The Morgan fingerprint density at radius 1 is 0.889 bits per heavy atom. The first kappa shape index (κ1) is 19.3. The SMILES string of the molecule is COc1ccc(N2CCN(C[C@H](O)COc3cccc(OC)c3)CC2)cc1. The number of methoxy groups -OCH3 is 2. The number of ether oxygens (including phenoxy) is 3. The maximum Gasteiger partial charge on any atom is 0.123 e. The van der Waals surface area contributed by atoms with Crippen LogP contribution in [0.1, 0.15) is 0 Å². The second kappa shape index (κ2) is 9.48. The van der Waals surface area contributed by atoms with Gasteiger partial charge in [-0.2, -0.15) is 0 Å². The molecule has 1 N–H and O–H groups in total. The summed E-state index contributed by atoms with van der Waals surface area (Å²) in [5.74, 6) is 2.32. The van der Waals surface area contributed by atoms with Gasteiger partial charge in [-0.05, 0) is 36.4 Å². The molecule has 2 aromatic carbocycles. The molecule has 3 rings (SSSR count). The highest BCUT2D eigenvalue weighted by atomic mass is 16.5. The van der Waals surface area contributed by atoms with Crippen LogP contribution in [0.2, 0.25) is 0 Å². The maximum atomic E-state index is 10.3. The molecule has 146 valence electrons. The number of aliphatic hydroxyl groups is 1. The molecule has 1 aliphatic rings. The molecule has 0 bridgehead atoms. The number of hydrogen-bond acceptors (Lipinski definition) is 6. The molecule has 0 amide bonds. The zero-order valence-electron chi connectivity index (χ0n) is 16.0. The first-order valence-electron chi connectivity index (χ1n) is 9.24. The lowest BCUT2D eigenvalue weighted by molar-refractivity contribution is 0.0662. The van der Waals surface area contributed by atoms with E-state index in [2.05, 4.69) is 21.9 Å². The number of β-amino-alcohol motifs (C(OH)–C–C–N with tert-alkyl or cyclic N) is 1. The summed E-state index contributed by atoms with van der Waals surface area (Å²) >= 11 is 0. The molecule has 0 radical (unpaired) electrons. The van der Waals surface area contributed by atoms with Crippen LogP contribution in [-0.4, -0.2) is 69.7 Å². The van der Waals surface area contributed by atoms with E-state index in [1.807, 2.05) is 36.4 Å². The van der Waals surface area contributed by atoms with Gasteiger partial charge in [-0.15, -0.1) is 0 Å². The summed E-state index contributed by atoms with van der Waals surface area (Å²) in [4.78, 5) is 4.63. The van der Waals surface area contributed by atoms with Crippen molar-refractivity contribution in [2.24, 2.45) is 0 Å². The first-order valence-corrected chi connectivity index (χ1v) is 9.24. The largest absolute Gasteiger partial charge is 0.497 e. The summed E-state index contributed by atoms with van der Waals surface area (Å²) in [6, 6.07) is 15.6. The van der Waals surface area contributed by atoms with Crippen LogP contribution in [0.5, 0.6) is 17.2 Å². The van der Waals surface area contributed by atoms with Crippen molar-refractivity contribution in [1.82, 2.24) is 4.90 Å². The molecule has 6 nitrogen and oxygen atoms in total. The fourth-order valence-electron chi connectivity index (χ4n) is 3.22. The Kier molecular flexibility index (Phi) is 6.79. The third kappa shape index (κ3) is 5.52. The third-order valence-corrected chi connectivity index (χ3v) is 4.76. The minimum atomic E-state index is -0.524. The van der Waals surface area contributed by atoms with Crippen molar-refractivity contribution in [3.8, 4) is 17.2 Å². The predicted molar refractivity (Wildman–Crippen MR) is 106 cm³/mol. The predicted octanol–water partition coefficient (Wildman–Crippen LogP) is 2.27. The molecule has 1 atom stereocenters. The molecule has 0 spiro atoms. The highest BCUT2D eigenvalue weighted by Crippen LogP contribution is 2.21. The quantitative estimate of drug-likeness (QED) is 0.767. The lowest BCUT2D eigenvalue weighted by Gasteiger charge is -2.36. The van der Waals surface area contributed by atoms with Gasteiger partial charge in [0, 0.05) is 44.5 Å².